The lowest BCUT2D eigenvalue weighted by Gasteiger charge is -2.42. The van der Waals surface area contributed by atoms with Crippen molar-refractivity contribution >= 4 is 17.7 Å². The Kier molecular flexibility index (Phi) is 9.48. The van der Waals surface area contributed by atoms with Gasteiger partial charge in [-0.25, -0.2) is 4.79 Å². The SMILES string of the molecule is Cc1cc(C)c(C(=O)N2CCN(c3ccccc3)[C@H](CO)C2)c(C)c1CC1CCN(C(=O)OCc2ccccc2)CC1. The van der Waals surface area contributed by atoms with E-state index in [4.69, 9.17) is 4.74 Å². The number of carbonyl (C=O) groups excluding carboxylic acids is 2. The van der Waals surface area contributed by atoms with Gasteiger partial charge in [0.2, 0.25) is 0 Å². The largest absolute Gasteiger partial charge is 0.445 e. The van der Waals surface area contributed by atoms with Crippen LogP contribution in [-0.2, 0) is 17.8 Å². The fraction of sp³-hybridized carbons (Fsp3) is 0.429. The number of aliphatic hydroxyl groups is 1. The summed E-state index contributed by atoms with van der Waals surface area (Å²) >= 11 is 0. The molecule has 2 aliphatic rings. The van der Waals surface area contributed by atoms with Crippen LogP contribution in [0.4, 0.5) is 10.5 Å². The second-order valence-electron chi connectivity index (χ2n) is 11.8. The molecule has 7 nitrogen and oxygen atoms in total. The topological polar surface area (TPSA) is 73.3 Å². The molecule has 0 aromatic heterocycles. The van der Waals surface area contributed by atoms with Crippen LogP contribution in [0.1, 0.15) is 51.0 Å². The molecule has 2 aliphatic heterocycles. The number of hydrogen-bond acceptors (Lipinski definition) is 5. The molecular formula is C35H43N3O4. The van der Waals surface area contributed by atoms with Crippen molar-refractivity contribution in [1.82, 2.24) is 9.80 Å². The molecule has 2 saturated heterocycles. The summed E-state index contributed by atoms with van der Waals surface area (Å²) in [4.78, 5) is 32.5. The van der Waals surface area contributed by atoms with Gasteiger partial charge in [0.1, 0.15) is 6.61 Å². The lowest BCUT2D eigenvalue weighted by molar-refractivity contribution is 0.0697. The average molecular weight is 570 g/mol. The lowest BCUT2D eigenvalue weighted by atomic mass is 9.84. The van der Waals surface area contributed by atoms with Crippen molar-refractivity contribution in [1.29, 1.82) is 0 Å². The maximum atomic E-state index is 14.0. The Bertz CT molecular complexity index is 1370. The van der Waals surface area contributed by atoms with Crippen LogP contribution in [-0.4, -0.2) is 72.3 Å². The number of carbonyl (C=O) groups is 2. The summed E-state index contributed by atoms with van der Waals surface area (Å²) in [6, 6.07) is 21.9. The van der Waals surface area contributed by atoms with Gasteiger partial charge >= 0.3 is 6.09 Å². The lowest BCUT2D eigenvalue weighted by Crippen LogP contribution is -2.56. The Morgan fingerprint density at radius 1 is 0.857 bits per heavy atom. The Hall–Kier alpha value is -3.84. The molecule has 0 aliphatic carbocycles. The number of piperazine rings is 1. The fourth-order valence-corrected chi connectivity index (χ4v) is 6.60. The number of anilines is 1. The highest BCUT2D eigenvalue weighted by atomic mass is 16.6. The van der Waals surface area contributed by atoms with Crippen molar-refractivity contribution in [3.63, 3.8) is 0 Å². The van der Waals surface area contributed by atoms with Gasteiger partial charge < -0.3 is 24.5 Å². The van der Waals surface area contributed by atoms with Gasteiger partial charge in [-0.2, -0.15) is 0 Å². The van der Waals surface area contributed by atoms with Crippen LogP contribution >= 0.6 is 0 Å². The standard InChI is InChI=1S/C35H43N3O4/c1-25-20-26(2)33(34(40)37-18-19-38(31(22-37)23-39)30-12-8-5-9-13-30)27(3)32(25)21-28-14-16-36(17-15-28)35(41)42-24-29-10-6-4-7-11-29/h4-13,20,28,31,39H,14-19,21-24H2,1-3H3/t31-/m0/s1. The molecule has 222 valence electrons. The number of aryl methyl sites for hydroxylation is 2. The molecule has 0 unspecified atom stereocenters. The minimum absolute atomic E-state index is 0.00567. The molecule has 0 saturated carbocycles. The van der Waals surface area contributed by atoms with E-state index >= 15 is 0 Å². The van der Waals surface area contributed by atoms with Crippen molar-refractivity contribution in [2.24, 2.45) is 5.92 Å². The van der Waals surface area contributed by atoms with E-state index in [0.29, 0.717) is 45.2 Å². The van der Waals surface area contributed by atoms with Crippen LogP contribution in [0.5, 0.6) is 0 Å². The second-order valence-corrected chi connectivity index (χ2v) is 11.8. The van der Waals surface area contributed by atoms with E-state index in [-0.39, 0.29) is 24.6 Å². The fourth-order valence-electron chi connectivity index (χ4n) is 6.60. The van der Waals surface area contributed by atoms with E-state index in [2.05, 4.69) is 36.9 Å². The van der Waals surface area contributed by atoms with Crippen LogP contribution in [0.3, 0.4) is 0 Å². The molecule has 0 radical (unpaired) electrons. The molecule has 42 heavy (non-hydrogen) atoms. The third-order valence-corrected chi connectivity index (χ3v) is 8.98. The smallest absolute Gasteiger partial charge is 0.410 e. The van der Waals surface area contributed by atoms with Crippen LogP contribution in [0.2, 0.25) is 0 Å². The Morgan fingerprint density at radius 3 is 2.19 bits per heavy atom. The number of para-hydroxylation sites is 1. The third kappa shape index (κ3) is 6.62. The first-order chi connectivity index (χ1) is 20.4. The molecule has 1 N–H and O–H groups in total. The van der Waals surface area contributed by atoms with Crippen molar-refractivity contribution in [3.8, 4) is 0 Å². The molecule has 7 heteroatoms. The number of amides is 2. The predicted molar refractivity (Wildman–Crippen MR) is 166 cm³/mol. The van der Waals surface area contributed by atoms with E-state index in [9.17, 15) is 14.7 Å². The molecule has 1 atom stereocenters. The predicted octanol–water partition coefficient (Wildman–Crippen LogP) is 5.53. The number of ether oxygens (including phenoxy) is 1. The Morgan fingerprint density at radius 2 is 1.52 bits per heavy atom. The highest BCUT2D eigenvalue weighted by Gasteiger charge is 2.32. The number of rotatable bonds is 7. The van der Waals surface area contributed by atoms with Crippen molar-refractivity contribution in [2.45, 2.75) is 52.7 Å². The minimum atomic E-state index is -0.249. The van der Waals surface area contributed by atoms with E-state index in [1.165, 1.54) is 11.1 Å². The second kappa shape index (κ2) is 13.4. The summed E-state index contributed by atoms with van der Waals surface area (Å²) < 4.78 is 5.55. The maximum Gasteiger partial charge on any atom is 0.410 e. The molecule has 3 aromatic carbocycles. The van der Waals surface area contributed by atoms with Gasteiger partial charge in [-0.05, 0) is 85.9 Å². The normalized spacial score (nSPS) is 17.8. The summed E-state index contributed by atoms with van der Waals surface area (Å²) in [6.45, 7) is 9.70. The molecule has 5 rings (SSSR count). The van der Waals surface area contributed by atoms with E-state index < -0.39 is 0 Å². The summed E-state index contributed by atoms with van der Waals surface area (Å²) in [5.74, 6) is 0.493. The van der Waals surface area contributed by atoms with Gasteiger partial charge in [0.15, 0.2) is 0 Å². The van der Waals surface area contributed by atoms with Crippen LogP contribution < -0.4 is 4.90 Å². The highest BCUT2D eigenvalue weighted by molar-refractivity contribution is 5.97. The number of benzene rings is 3. The Balaban J connectivity index is 1.22. The van der Waals surface area contributed by atoms with Crippen LogP contribution in [0, 0.1) is 26.7 Å². The molecule has 0 bridgehead atoms. The van der Waals surface area contributed by atoms with Crippen LogP contribution in [0.25, 0.3) is 0 Å². The van der Waals surface area contributed by atoms with Gasteiger partial charge in [0, 0.05) is 44.0 Å². The first-order valence-corrected chi connectivity index (χ1v) is 15.1. The number of piperidine rings is 1. The molecule has 0 spiro atoms. The Labute approximate surface area is 249 Å². The minimum Gasteiger partial charge on any atom is -0.445 e. The van der Waals surface area contributed by atoms with Crippen molar-refractivity contribution in [3.05, 3.63) is 100 Å². The zero-order chi connectivity index (χ0) is 29.6. The molecule has 2 fully saturated rings. The zero-order valence-electron chi connectivity index (χ0n) is 25.1. The van der Waals surface area contributed by atoms with Gasteiger partial charge in [-0.1, -0.05) is 54.6 Å². The highest BCUT2D eigenvalue weighted by Crippen LogP contribution is 2.30. The quantitative estimate of drug-likeness (QED) is 0.405. The maximum absolute atomic E-state index is 14.0. The van der Waals surface area contributed by atoms with E-state index in [1.807, 2.05) is 65.3 Å². The van der Waals surface area contributed by atoms with Crippen molar-refractivity contribution in [2.75, 3.05) is 44.2 Å². The monoisotopic (exact) mass is 569 g/mol. The number of aliphatic hydroxyl groups excluding tert-OH is 1. The molecular weight excluding hydrogens is 526 g/mol. The van der Waals surface area contributed by atoms with Gasteiger partial charge in [-0.3, -0.25) is 4.79 Å². The molecule has 2 amide bonds. The first kappa shape index (κ1) is 29.6. The molecule has 3 aromatic rings. The average Bonchev–Trinajstić information content (AvgIpc) is 3.02. The summed E-state index contributed by atoms with van der Waals surface area (Å²) in [5, 5.41) is 10.2. The van der Waals surface area contributed by atoms with Crippen molar-refractivity contribution < 1.29 is 19.4 Å². The number of nitrogens with zero attached hydrogens (tertiary/aromatic N) is 3. The summed E-state index contributed by atoms with van der Waals surface area (Å²) in [7, 11) is 0. The number of hydrogen-bond donors (Lipinski definition) is 1. The van der Waals surface area contributed by atoms with Crippen LogP contribution in [0.15, 0.2) is 66.7 Å². The zero-order valence-corrected chi connectivity index (χ0v) is 25.1. The summed E-state index contributed by atoms with van der Waals surface area (Å²) in [6.07, 6.45) is 2.47. The number of likely N-dealkylation sites (tertiary alicyclic amines) is 1. The van der Waals surface area contributed by atoms with E-state index in [1.54, 1.807) is 0 Å². The first-order valence-electron chi connectivity index (χ1n) is 15.1. The summed E-state index contributed by atoms with van der Waals surface area (Å²) in [5.41, 5.74) is 7.38. The van der Waals surface area contributed by atoms with Gasteiger partial charge in [0.05, 0.1) is 12.6 Å². The third-order valence-electron chi connectivity index (χ3n) is 8.98. The van der Waals surface area contributed by atoms with Gasteiger partial charge in [0.25, 0.3) is 5.91 Å². The van der Waals surface area contributed by atoms with E-state index in [0.717, 1.165) is 47.2 Å². The van der Waals surface area contributed by atoms with Gasteiger partial charge in [-0.15, -0.1) is 0 Å². The molecule has 2 heterocycles.